The van der Waals surface area contributed by atoms with Gasteiger partial charge in [0.1, 0.15) is 17.5 Å². The number of anilines is 3. The van der Waals surface area contributed by atoms with E-state index in [1.165, 1.54) is 5.56 Å². The number of nitrogens with zero attached hydrogens (tertiary/aromatic N) is 4. The van der Waals surface area contributed by atoms with E-state index in [0.717, 1.165) is 36.0 Å². The normalized spacial score (nSPS) is 18.5. The summed E-state index contributed by atoms with van der Waals surface area (Å²) in [4.78, 5) is 38.0. The number of nitrogens with one attached hydrogen (secondary N) is 2. The highest BCUT2D eigenvalue weighted by atomic mass is 16.5. The molecule has 2 fully saturated rings. The first-order valence-electron chi connectivity index (χ1n) is 11.5. The number of ether oxygens (including phenoxy) is 1. The van der Waals surface area contributed by atoms with Crippen molar-refractivity contribution in [1.29, 1.82) is 0 Å². The third kappa shape index (κ3) is 5.60. The summed E-state index contributed by atoms with van der Waals surface area (Å²) in [5.74, 6) is 1.87. The average Bonchev–Trinajstić information content (AvgIpc) is 3.20. The molecule has 3 heterocycles. The van der Waals surface area contributed by atoms with E-state index in [9.17, 15) is 9.59 Å². The molecule has 0 bridgehead atoms. The first-order valence-corrected chi connectivity index (χ1v) is 11.5. The van der Waals surface area contributed by atoms with Gasteiger partial charge in [0.05, 0.1) is 19.1 Å². The Balaban J connectivity index is 1.26. The minimum atomic E-state index is -0.340. The highest BCUT2D eigenvalue weighted by Gasteiger charge is 2.35. The van der Waals surface area contributed by atoms with Crippen molar-refractivity contribution in [3.63, 3.8) is 0 Å². The molecule has 2 N–H and O–H groups in total. The van der Waals surface area contributed by atoms with Gasteiger partial charge < -0.3 is 25.2 Å². The van der Waals surface area contributed by atoms with Gasteiger partial charge in [-0.3, -0.25) is 9.59 Å². The molecule has 176 valence electrons. The fraction of sp³-hybridized carbons (Fsp3) is 0.500. The van der Waals surface area contributed by atoms with Crippen molar-refractivity contribution in [1.82, 2.24) is 15.3 Å². The quantitative estimate of drug-likeness (QED) is 0.618. The van der Waals surface area contributed by atoms with E-state index in [-0.39, 0.29) is 24.2 Å². The maximum absolute atomic E-state index is 12.7. The molecule has 0 radical (unpaired) electrons. The van der Waals surface area contributed by atoms with Gasteiger partial charge in [-0.25, -0.2) is 9.97 Å². The van der Waals surface area contributed by atoms with Crippen LogP contribution in [0.3, 0.4) is 0 Å². The van der Waals surface area contributed by atoms with Crippen LogP contribution in [0.25, 0.3) is 0 Å². The fourth-order valence-electron chi connectivity index (χ4n) is 4.14. The molecule has 2 aliphatic rings. The SMILES string of the molecule is Cc1nc(NCCNC(=O)C2CC(=O)N(c3ccc(C)c(C)c3)C2)cc(N2CCOCC2)n1. The number of morpholine rings is 1. The van der Waals surface area contributed by atoms with Gasteiger partial charge in [-0.15, -0.1) is 0 Å². The number of rotatable bonds is 7. The Morgan fingerprint density at radius 2 is 1.88 bits per heavy atom. The van der Waals surface area contributed by atoms with E-state index in [1.54, 1.807) is 4.90 Å². The third-order valence-electron chi connectivity index (χ3n) is 6.19. The van der Waals surface area contributed by atoms with Gasteiger partial charge in [0.15, 0.2) is 0 Å². The van der Waals surface area contributed by atoms with Crippen LogP contribution in [0, 0.1) is 26.7 Å². The fourth-order valence-corrected chi connectivity index (χ4v) is 4.14. The van der Waals surface area contributed by atoms with E-state index in [4.69, 9.17) is 4.74 Å². The lowest BCUT2D eigenvalue weighted by Crippen LogP contribution is -2.37. The van der Waals surface area contributed by atoms with Crippen LogP contribution in [0.5, 0.6) is 0 Å². The van der Waals surface area contributed by atoms with Crippen LogP contribution in [-0.4, -0.2) is 67.7 Å². The van der Waals surface area contributed by atoms with Crippen molar-refractivity contribution in [3.05, 3.63) is 41.2 Å². The molecule has 1 unspecified atom stereocenters. The number of carbonyl (C=O) groups is 2. The zero-order chi connectivity index (χ0) is 23.4. The minimum absolute atomic E-state index is 0.0105. The van der Waals surface area contributed by atoms with Gasteiger partial charge >= 0.3 is 0 Å². The molecule has 9 nitrogen and oxygen atoms in total. The Morgan fingerprint density at radius 1 is 1.09 bits per heavy atom. The Morgan fingerprint density at radius 3 is 2.64 bits per heavy atom. The lowest BCUT2D eigenvalue weighted by molar-refractivity contribution is -0.126. The van der Waals surface area contributed by atoms with Crippen molar-refractivity contribution >= 4 is 29.1 Å². The molecule has 2 amide bonds. The third-order valence-corrected chi connectivity index (χ3v) is 6.19. The second kappa shape index (κ2) is 10.2. The van der Waals surface area contributed by atoms with Gasteiger partial charge in [0.25, 0.3) is 0 Å². The summed E-state index contributed by atoms with van der Waals surface area (Å²) in [6.07, 6.45) is 0.236. The summed E-state index contributed by atoms with van der Waals surface area (Å²) in [7, 11) is 0. The topological polar surface area (TPSA) is 99.7 Å². The lowest BCUT2D eigenvalue weighted by Gasteiger charge is -2.28. The highest BCUT2D eigenvalue weighted by molar-refractivity contribution is 6.00. The van der Waals surface area contributed by atoms with Gasteiger partial charge in [0.2, 0.25) is 11.8 Å². The molecule has 2 saturated heterocycles. The van der Waals surface area contributed by atoms with Gasteiger partial charge in [-0.2, -0.15) is 0 Å². The molecule has 1 atom stereocenters. The largest absolute Gasteiger partial charge is 0.378 e. The molecule has 0 aliphatic carbocycles. The van der Waals surface area contributed by atoms with Crippen LogP contribution in [0.2, 0.25) is 0 Å². The number of hydrogen-bond acceptors (Lipinski definition) is 7. The molecule has 2 aliphatic heterocycles. The average molecular weight is 453 g/mol. The van der Waals surface area contributed by atoms with Crippen molar-refractivity contribution in [3.8, 4) is 0 Å². The first-order chi connectivity index (χ1) is 15.9. The van der Waals surface area contributed by atoms with Crippen LogP contribution in [-0.2, 0) is 14.3 Å². The van der Waals surface area contributed by atoms with E-state index >= 15 is 0 Å². The van der Waals surface area contributed by atoms with Crippen molar-refractivity contribution in [2.24, 2.45) is 5.92 Å². The van der Waals surface area contributed by atoms with Gasteiger partial charge in [-0.05, 0) is 44.0 Å². The first kappa shape index (κ1) is 23.0. The lowest BCUT2D eigenvalue weighted by atomic mass is 10.1. The van der Waals surface area contributed by atoms with E-state index in [0.29, 0.717) is 38.7 Å². The Hall–Kier alpha value is -3.20. The molecular weight excluding hydrogens is 420 g/mol. The zero-order valence-corrected chi connectivity index (χ0v) is 19.6. The number of carbonyl (C=O) groups excluding carboxylic acids is 2. The number of amides is 2. The summed E-state index contributed by atoms with van der Waals surface area (Å²) in [5, 5.41) is 6.21. The molecule has 0 saturated carbocycles. The Kier molecular flexibility index (Phi) is 7.08. The van der Waals surface area contributed by atoms with Crippen LogP contribution >= 0.6 is 0 Å². The number of aromatic nitrogens is 2. The second-order valence-corrected chi connectivity index (χ2v) is 8.65. The second-order valence-electron chi connectivity index (χ2n) is 8.65. The molecule has 1 aromatic carbocycles. The molecular formula is C24H32N6O3. The molecule has 33 heavy (non-hydrogen) atoms. The summed E-state index contributed by atoms with van der Waals surface area (Å²) in [6, 6.07) is 7.89. The van der Waals surface area contributed by atoms with Gasteiger partial charge in [0, 0.05) is 50.9 Å². The monoisotopic (exact) mass is 452 g/mol. The van der Waals surface area contributed by atoms with Crippen LogP contribution in [0.15, 0.2) is 24.3 Å². The van der Waals surface area contributed by atoms with E-state index < -0.39 is 0 Å². The van der Waals surface area contributed by atoms with E-state index in [2.05, 4.69) is 25.5 Å². The van der Waals surface area contributed by atoms with Crippen LogP contribution < -0.4 is 20.4 Å². The van der Waals surface area contributed by atoms with Crippen molar-refractivity contribution in [2.75, 3.05) is 61.1 Å². The smallest absolute Gasteiger partial charge is 0.227 e. The minimum Gasteiger partial charge on any atom is -0.378 e. The van der Waals surface area contributed by atoms with Crippen molar-refractivity contribution in [2.45, 2.75) is 27.2 Å². The molecule has 1 aromatic heterocycles. The van der Waals surface area contributed by atoms with Crippen LogP contribution in [0.4, 0.5) is 17.3 Å². The zero-order valence-electron chi connectivity index (χ0n) is 19.6. The Bertz CT molecular complexity index is 1020. The van der Waals surface area contributed by atoms with Crippen LogP contribution in [0.1, 0.15) is 23.4 Å². The number of hydrogen-bond donors (Lipinski definition) is 2. The maximum atomic E-state index is 12.7. The molecule has 0 spiro atoms. The summed E-state index contributed by atoms with van der Waals surface area (Å²) in [5.41, 5.74) is 3.18. The van der Waals surface area contributed by atoms with Crippen molar-refractivity contribution < 1.29 is 14.3 Å². The van der Waals surface area contributed by atoms with Gasteiger partial charge in [-0.1, -0.05) is 6.07 Å². The maximum Gasteiger partial charge on any atom is 0.227 e. The summed E-state index contributed by atoms with van der Waals surface area (Å²) < 4.78 is 5.41. The molecule has 2 aromatic rings. The molecule has 9 heteroatoms. The summed E-state index contributed by atoms with van der Waals surface area (Å²) in [6.45, 7) is 10.3. The predicted octanol–water partition coefficient (Wildman–Crippen LogP) is 1.82. The number of benzene rings is 1. The van der Waals surface area contributed by atoms with E-state index in [1.807, 2.05) is 45.0 Å². The number of aryl methyl sites for hydroxylation is 3. The Labute approximate surface area is 194 Å². The standard InChI is InChI=1S/C24H32N6O3/c1-16-4-5-20(12-17(16)2)30-15-19(13-23(30)31)24(32)26-7-6-25-21-14-22(28-18(3)27-21)29-8-10-33-11-9-29/h4-5,12,14,19H,6-11,13,15H2,1-3H3,(H,26,32)(H,25,27,28). The predicted molar refractivity (Wildman–Crippen MR) is 128 cm³/mol. The molecule has 4 rings (SSSR count). The summed E-state index contributed by atoms with van der Waals surface area (Å²) >= 11 is 0. The highest BCUT2D eigenvalue weighted by Crippen LogP contribution is 2.27.